The smallest absolute Gasteiger partial charge is 0.0905 e. The molecule has 0 aliphatic carbocycles. The Morgan fingerprint density at radius 1 is 1.12 bits per heavy atom. The van der Waals surface area contributed by atoms with Crippen LogP contribution in [0.2, 0.25) is 0 Å². The molecule has 0 radical (unpaired) electrons. The van der Waals surface area contributed by atoms with Crippen LogP contribution in [-0.2, 0) is 4.79 Å². The Balaban J connectivity index is -0.000000214. The van der Waals surface area contributed by atoms with Gasteiger partial charge in [-0.25, -0.2) is 0 Å². The van der Waals surface area contributed by atoms with Gasteiger partial charge in [0.05, 0.1) is 38.3 Å². The van der Waals surface area contributed by atoms with Crippen molar-refractivity contribution in [3.05, 3.63) is 0 Å². The number of quaternary nitrogens is 1. The third-order valence-corrected chi connectivity index (χ3v) is 3.02. The molecule has 0 spiro atoms. The largest absolute Gasteiger partial charge is 0.547 e. The van der Waals surface area contributed by atoms with Crippen LogP contribution in [0.4, 0.5) is 0 Å². The summed E-state index contributed by atoms with van der Waals surface area (Å²) in [7, 11) is 0. The lowest BCUT2D eigenvalue weighted by molar-refractivity contribution is -0.921. The Labute approximate surface area is 98.6 Å². The average molecular weight is 237 g/mol. The van der Waals surface area contributed by atoms with Crippen molar-refractivity contribution in [2.45, 2.75) is 40.7 Å². The number of hydrogen-bond acceptors (Lipinski definition) is 3. The van der Waals surface area contributed by atoms with Gasteiger partial charge in [-0.2, -0.15) is 0 Å². The SMILES string of the molecule is CC(O)C(=O)[O-].CC[N+](CC)(CC)CC.O. The highest BCUT2D eigenvalue weighted by Gasteiger charge is 2.16. The monoisotopic (exact) mass is 237 g/mol. The van der Waals surface area contributed by atoms with E-state index in [2.05, 4.69) is 27.7 Å². The zero-order valence-electron chi connectivity index (χ0n) is 11.1. The van der Waals surface area contributed by atoms with Gasteiger partial charge in [-0.1, -0.05) is 0 Å². The quantitative estimate of drug-likeness (QED) is 0.633. The number of carbonyl (C=O) groups excluding carboxylic acids is 1. The maximum absolute atomic E-state index is 9.34. The molecule has 5 heteroatoms. The van der Waals surface area contributed by atoms with Gasteiger partial charge in [-0.15, -0.1) is 0 Å². The number of carbonyl (C=O) groups is 1. The van der Waals surface area contributed by atoms with Crippen LogP contribution in [0.3, 0.4) is 0 Å². The first kappa shape index (κ1) is 20.7. The highest BCUT2D eigenvalue weighted by molar-refractivity contribution is 5.68. The Morgan fingerprint density at radius 3 is 1.31 bits per heavy atom. The van der Waals surface area contributed by atoms with Crippen LogP contribution in [0.15, 0.2) is 0 Å². The molecule has 0 fully saturated rings. The minimum atomic E-state index is -1.44. The molecular weight excluding hydrogens is 210 g/mol. The van der Waals surface area contributed by atoms with Gasteiger partial charge in [0.1, 0.15) is 0 Å². The molecule has 1 atom stereocenters. The molecule has 3 N–H and O–H groups in total. The minimum Gasteiger partial charge on any atom is -0.547 e. The van der Waals surface area contributed by atoms with Crippen LogP contribution in [0.1, 0.15) is 34.6 Å². The molecule has 0 aliphatic rings. The number of carboxylic acid groups (broad SMARTS) is 1. The van der Waals surface area contributed by atoms with Crippen LogP contribution < -0.4 is 5.11 Å². The molecule has 0 amide bonds. The summed E-state index contributed by atoms with van der Waals surface area (Å²) in [4.78, 5) is 9.34. The highest BCUT2D eigenvalue weighted by Crippen LogP contribution is 2.03. The van der Waals surface area contributed by atoms with Gasteiger partial charge in [0, 0.05) is 0 Å². The first-order valence-corrected chi connectivity index (χ1v) is 5.63. The summed E-state index contributed by atoms with van der Waals surface area (Å²) in [6.45, 7) is 15.4. The number of aliphatic hydroxyl groups excluding tert-OH is 1. The fourth-order valence-corrected chi connectivity index (χ4v) is 1.34. The first-order valence-electron chi connectivity index (χ1n) is 5.63. The van der Waals surface area contributed by atoms with E-state index >= 15 is 0 Å². The number of aliphatic carboxylic acids is 1. The van der Waals surface area contributed by atoms with Crippen LogP contribution >= 0.6 is 0 Å². The van der Waals surface area contributed by atoms with Crippen LogP contribution in [0.5, 0.6) is 0 Å². The Hall–Kier alpha value is -0.650. The van der Waals surface area contributed by atoms with Crippen molar-refractivity contribution < 1.29 is 25.0 Å². The molecule has 0 saturated carbocycles. The lowest BCUT2D eigenvalue weighted by Gasteiger charge is -2.34. The van der Waals surface area contributed by atoms with E-state index in [1.807, 2.05) is 0 Å². The summed E-state index contributed by atoms with van der Waals surface area (Å²) in [5.74, 6) is -1.44. The standard InChI is InChI=1S/C8H20N.C3H6O3.H2O/c1-5-9(6-2,7-3)8-4;1-2(4)3(5)6;/h5-8H2,1-4H3;2,4H,1H3,(H,5,6);1H2/q+1;;/p-1. The van der Waals surface area contributed by atoms with E-state index in [0.29, 0.717) is 0 Å². The lowest BCUT2D eigenvalue weighted by Crippen LogP contribution is -2.47. The normalized spacial score (nSPS) is 11.9. The summed E-state index contributed by atoms with van der Waals surface area (Å²) in [5, 5.41) is 17.3. The van der Waals surface area contributed by atoms with Crippen LogP contribution in [-0.4, -0.2) is 53.3 Å². The van der Waals surface area contributed by atoms with Crippen molar-refractivity contribution in [2.24, 2.45) is 0 Å². The van der Waals surface area contributed by atoms with Crippen LogP contribution in [0.25, 0.3) is 0 Å². The molecule has 0 rings (SSSR count). The molecule has 0 aromatic rings. The second-order valence-electron chi connectivity index (χ2n) is 3.60. The van der Waals surface area contributed by atoms with E-state index in [-0.39, 0.29) is 5.48 Å². The van der Waals surface area contributed by atoms with Gasteiger partial charge in [0.15, 0.2) is 0 Å². The second-order valence-corrected chi connectivity index (χ2v) is 3.60. The number of hydrogen-bond donors (Lipinski definition) is 1. The van der Waals surface area contributed by atoms with E-state index in [4.69, 9.17) is 5.11 Å². The molecule has 0 bridgehead atoms. The second kappa shape index (κ2) is 10.9. The Kier molecular flexibility index (Phi) is 14.1. The van der Waals surface area contributed by atoms with Gasteiger partial charge in [-0.3, -0.25) is 0 Å². The predicted molar refractivity (Wildman–Crippen MR) is 62.7 cm³/mol. The van der Waals surface area contributed by atoms with Gasteiger partial charge in [0.25, 0.3) is 0 Å². The Morgan fingerprint density at radius 2 is 1.31 bits per heavy atom. The van der Waals surface area contributed by atoms with E-state index in [0.717, 1.165) is 6.92 Å². The first-order chi connectivity index (χ1) is 6.89. The molecular formula is C11H27NO4. The summed E-state index contributed by atoms with van der Waals surface area (Å²) >= 11 is 0. The van der Waals surface area contributed by atoms with Crippen molar-refractivity contribution >= 4 is 5.97 Å². The van der Waals surface area contributed by atoms with E-state index in [1.54, 1.807) is 0 Å². The molecule has 0 aromatic heterocycles. The van der Waals surface area contributed by atoms with Crippen molar-refractivity contribution in [1.82, 2.24) is 0 Å². The van der Waals surface area contributed by atoms with Crippen molar-refractivity contribution in [2.75, 3.05) is 26.2 Å². The van der Waals surface area contributed by atoms with Crippen molar-refractivity contribution in [3.63, 3.8) is 0 Å². The van der Waals surface area contributed by atoms with Crippen LogP contribution in [0, 0.1) is 0 Å². The number of nitrogens with zero attached hydrogens (tertiary/aromatic N) is 1. The zero-order valence-corrected chi connectivity index (χ0v) is 11.1. The minimum absolute atomic E-state index is 0. The maximum Gasteiger partial charge on any atom is 0.0905 e. The molecule has 100 valence electrons. The summed E-state index contributed by atoms with van der Waals surface area (Å²) in [6, 6.07) is 0. The highest BCUT2D eigenvalue weighted by atomic mass is 16.4. The van der Waals surface area contributed by atoms with Crippen molar-refractivity contribution in [1.29, 1.82) is 0 Å². The fourth-order valence-electron chi connectivity index (χ4n) is 1.34. The molecule has 16 heavy (non-hydrogen) atoms. The van der Waals surface area contributed by atoms with E-state index in [9.17, 15) is 9.90 Å². The van der Waals surface area contributed by atoms with Gasteiger partial charge in [0.2, 0.25) is 0 Å². The number of rotatable bonds is 5. The zero-order chi connectivity index (χ0) is 12.5. The summed E-state index contributed by atoms with van der Waals surface area (Å²) in [6.07, 6.45) is -1.34. The topological polar surface area (TPSA) is 91.9 Å². The lowest BCUT2D eigenvalue weighted by atomic mass is 10.3. The molecule has 0 heterocycles. The molecule has 0 saturated heterocycles. The predicted octanol–water partition coefficient (Wildman–Crippen LogP) is -0.825. The van der Waals surface area contributed by atoms with Gasteiger partial charge >= 0.3 is 0 Å². The Bertz CT molecular complexity index is 150. The van der Waals surface area contributed by atoms with E-state index < -0.39 is 12.1 Å². The molecule has 5 nitrogen and oxygen atoms in total. The number of carboxylic acids is 1. The third-order valence-electron chi connectivity index (χ3n) is 3.02. The molecule has 1 unspecified atom stereocenters. The third kappa shape index (κ3) is 8.64. The molecule has 0 aliphatic heterocycles. The summed E-state index contributed by atoms with van der Waals surface area (Å²) < 4.78 is 1.28. The fraction of sp³-hybridized carbons (Fsp3) is 0.909. The average Bonchev–Trinajstić information content (AvgIpc) is 2.23. The van der Waals surface area contributed by atoms with Gasteiger partial charge in [-0.05, 0) is 34.6 Å². The maximum atomic E-state index is 9.34. The van der Waals surface area contributed by atoms with Crippen molar-refractivity contribution in [3.8, 4) is 0 Å². The van der Waals surface area contributed by atoms with Gasteiger partial charge < -0.3 is 25.0 Å². The summed E-state index contributed by atoms with van der Waals surface area (Å²) in [5.41, 5.74) is 0. The molecule has 0 aromatic carbocycles. The van der Waals surface area contributed by atoms with E-state index in [1.165, 1.54) is 30.7 Å². The number of aliphatic hydroxyl groups is 1.